The first-order valence-electron chi connectivity index (χ1n) is 6.41. The average molecular weight is 294 g/mol. The van der Waals surface area contributed by atoms with Crippen molar-refractivity contribution in [2.24, 2.45) is 11.7 Å². The molecule has 5 N–H and O–H groups in total. The monoisotopic (exact) mass is 294 g/mol. The first kappa shape index (κ1) is 16.4. The number of primary amides is 1. The average Bonchev–Trinajstić information content (AvgIpc) is 2.43. The Kier molecular flexibility index (Phi) is 5.65. The lowest BCUT2D eigenvalue weighted by Gasteiger charge is -2.22. The number of carboxylic acids is 1. The largest absolute Gasteiger partial charge is 0.477 e. The predicted octanol–water partition coefficient (Wildman–Crippen LogP) is 0.801. The van der Waals surface area contributed by atoms with E-state index in [4.69, 9.17) is 10.8 Å². The van der Waals surface area contributed by atoms with Gasteiger partial charge in [-0.1, -0.05) is 20.3 Å². The summed E-state index contributed by atoms with van der Waals surface area (Å²) in [7, 11) is 0. The fraction of sp³-hybridized carbons (Fsp3) is 0.385. The summed E-state index contributed by atoms with van der Waals surface area (Å²) >= 11 is 0. The number of rotatable bonds is 6. The topological polar surface area (TPSA) is 134 Å². The third-order valence-corrected chi connectivity index (χ3v) is 3.04. The van der Waals surface area contributed by atoms with Crippen molar-refractivity contribution in [2.75, 3.05) is 5.32 Å². The molecule has 8 heteroatoms. The number of amides is 3. The number of aromatic nitrogens is 1. The van der Waals surface area contributed by atoms with E-state index < -0.39 is 23.9 Å². The van der Waals surface area contributed by atoms with E-state index in [1.807, 2.05) is 6.92 Å². The van der Waals surface area contributed by atoms with Crippen LogP contribution < -0.4 is 16.4 Å². The van der Waals surface area contributed by atoms with Crippen molar-refractivity contribution in [3.8, 4) is 0 Å². The second-order valence-electron chi connectivity index (χ2n) is 4.60. The van der Waals surface area contributed by atoms with Crippen LogP contribution in [-0.4, -0.2) is 34.0 Å². The zero-order chi connectivity index (χ0) is 16.0. The Balaban J connectivity index is 2.88. The van der Waals surface area contributed by atoms with Crippen LogP contribution in [0.25, 0.3) is 0 Å². The minimum absolute atomic E-state index is 0.127. The highest BCUT2D eigenvalue weighted by molar-refractivity contribution is 5.97. The van der Waals surface area contributed by atoms with E-state index in [-0.39, 0.29) is 17.3 Å². The minimum atomic E-state index is -1.19. The van der Waals surface area contributed by atoms with E-state index >= 15 is 0 Å². The van der Waals surface area contributed by atoms with Crippen molar-refractivity contribution in [3.05, 3.63) is 24.0 Å². The smallest absolute Gasteiger partial charge is 0.354 e. The summed E-state index contributed by atoms with van der Waals surface area (Å²) in [6.07, 6.45) is 1.94. The summed E-state index contributed by atoms with van der Waals surface area (Å²) in [4.78, 5) is 37.6. The van der Waals surface area contributed by atoms with E-state index in [1.165, 1.54) is 18.3 Å². The molecule has 0 fully saturated rings. The first-order valence-corrected chi connectivity index (χ1v) is 6.41. The number of carbonyl (C=O) groups excluding carboxylic acids is 2. The Hall–Kier alpha value is -2.64. The van der Waals surface area contributed by atoms with Gasteiger partial charge in [-0.05, 0) is 18.1 Å². The van der Waals surface area contributed by atoms with Crippen LogP contribution in [0.2, 0.25) is 0 Å². The van der Waals surface area contributed by atoms with Gasteiger partial charge in [0.1, 0.15) is 11.7 Å². The van der Waals surface area contributed by atoms with Gasteiger partial charge in [-0.2, -0.15) is 0 Å². The number of nitrogens with zero attached hydrogens (tertiary/aromatic N) is 1. The molecule has 1 rings (SSSR count). The van der Waals surface area contributed by atoms with Gasteiger partial charge in [0.15, 0.2) is 0 Å². The zero-order valence-electron chi connectivity index (χ0n) is 11.8. The Labute approximate surface area is 121 Å². The standard InChI is InChI=1S/C13H18N4O4/c1-3-7(2)10(17-13(14)21)11(18)16-8-4-5-15-9(6-8)12(19)20/h4-7,10H,3H2,1-2H3,(H,19,20)(H3,14,17,21)(H,15,16,18). The summed E-state index contributed by atoms with van der Waals surface area (Å²) in [5, 5.41) is 13.8. The molecular weight excluding hydrogens is 276 g/mol. The van der Waals surface area contributed by atoms with Crippen LogP contribution in [0.3, 0.4) is 0 Å². The van der Waals surface area contributed by atoms with Crippen molar-refractivity contribution in [2.45, 2.75) is 26.3 Å². The van der Waals surface area contributed by atoms with Crippen LogP contribution >= 0.6 is 0 Å². The van der Waals surface area contributed by atoms with Gasteiger partial charge in [-0.25, -0.2) is 14.6 Å². The van der Waals surface area contributed by atoms with E-state index in [0.29, 0.717) is 6.42 Å². The van der Waals surface area contributed by atoms with Crippen molar-refractivity contribution in [1.29, 1.82) is 0 Å². The maximum atomic E-state index is 12.2. The van der Waals surface area contributed by atoms with Gasteiger partial charge in [0.2, 0.25) is 5.91 Å². The number of pyridine rings is 1. The van der Waals surface area contributed by atoms with Gasteiger partial charge >= 0.3 is 12.0 Å². The maximum Gasteiger partial charge on any atom is 0.354 e. The molecular formula is C13H18N4O4. The lowest BCUT2D eigenvalue weighted by molar-refractivity contribution is -0.119. The molecule has 0 aliphatic rings. The van der Waals surface area contributed by atoms with Gasteiger partial charge in [0, 0.05) is 11.9 Å². The number of nitrogens with one attached hydrogen (secondary N) is 2. The van der Waals surface area contributed by atoms with Crippen LogP contribution in [0.4, 0.5) is 10.5 Å². The van der Waals surface area contributed by atoms with Gasteiger partial charge in [0.25, 0.3) is 0 Å². The summed E-state index contributed by atoms with van der Waals surface area (Å²) in [5.41, 5.74) is 5.16. The predicted molar refractivity (Wildman–Crippen MR) is 75.8 cm³/mol. The molecule has 1 aromatic heterocycles. The molecule has 0 saturated carbocycles. The molecule has 1 aromatic rings. The lowest BCUT2D eigenvalue weighted by atomic mass is 9.98. The second-order valence-corrected chi connectivity index (χ2v) is 4.60. The molecule has 0 spiro atoms. The summed E-state index contributed by atoms with van der Waals surface area (Å²) in [6.45, 7) is 3.68. The van der Waals surface area contributed by atoms with Gasteiger partial charge in [-0.15, -0.1) is 0 Å². The molecule has 0 aliphatic heterocycles. The third kappa shape index (κ3) is 4.75. The highest BCUT2D eigenvalue weighted by atomic mass is 16.4. The van der Waals surface area contributed by atoms with E-state index in [0.717, 1.165) is 0 Å². The van der Waals surface area contributed by atoms with Gasteiger partial charge in [-0.3, -0.25) is 4.79 Å². The molecule has 114 valence electrons. The number of carbonyl (C=O) groups is 3. The molecule has 3 amide bonds. The number of hydrogen-bond acceptors (Lipinski definition) is 4. The maximum absolute atomic E-state index is 12.2. The molecule has 2 unspecified atom stereocenters. The third-order valence-electron chi connectivity index (χ3n) is 3.04. The first-order chi connectivity index (χ1) is 9.85. The van der Waals surface area contributed by atoms with E-state index in [2.05, 4.69) is 15.6 Å². The molecule has 0 bridgehead atoms. The van der Waals surface area contributed by atoms with Gasteiger partial charge < -0.3 is 21.5 Å². The number of aromatic carboxylic acids is 1. The second kappa shape index (κ2) is 7.22. The number of anilines is 1. The van der Waals surface area contributed by atoms with Crippen LogP contribution in [0.5, 0.6) is 0 Å². The normalized spacial score (nSPS) is 13.0. The van der Waals surface area contributed by atoms with Crippen molar-refractivity contribution >= 4 is 23.6 Å². The highest BCUT2D eigenvalue weighted by Gasteiger charge is 2.25. The Morgan fingerprint density at radius 2 is 2.10 bits per heavy atom. The fourth-order valence-electron chi connectivity index (χ4n) is 1.70. The molecule has 1 heterocycles. The number of nitrogens with two attached hydrogens (primary N) is 1. The summed E-state index contributed by atoms with van der Waals surface area (Å²) in [5.74, 6) is -1.79. The molecule has 0 aliphatic carbocycles. The number of carboxylic acid groups (broad SMARTS) is 1. The molecule has 21 heavy (non-hydrogen) atoms. The van der Waals surface area contributed by atoms with Crippen LogP contribution in [0.1, 0.15) is 30.8 Å². The van der Waals surface area contributed by atoms with E-state index in [9.17, 15) is 14.4 Å². The van der Waals surface area contributed by atoms with Crippen molar-refractivity contribution in [1.82, 2.24) is 10.3 Å². The van der Waals surface area contributed by atoms with Crippen LogP contribution in [-0.2, 0) is 4.79 Å². The Morgan fingerprint density at radius 3 is 2.62 bits per heavy atom. The van der Waals surface area contributed by atoms with E-state index in [1.54, 1.807) is 6.92 Å². The molecule has 0 aromatic carbocycles. The number of hydrogen-bond donors (Lipinski definition) is 4. The highest BCUT2D eigenvalue weighted by Crippen LogP contribution is 2.13. The number of urea groups is 1. The molecule has 0 saturated heterocycles. The van der Waals surface area contributed by atoms with Crippen molar-refractivity contribution in [3.63, 3.8) is 0 Å². The Morgan fingerprint density at radius 1 is 1.43 bits per heavy atom. The lowest BCUT2D eigenvalue weighted by Crippen LogP contribution is -2.49. The minimum Gasteiger partial charge on any atom is -0.477 e. The van der Waals surface area contributed by atoms with Gasteiger partial charge in [0.05, 0.1) is 0 Å². The summed E-state index contributed by atoms with van der Waals surface area (Å²) in [6, 6.07) is 1.10. The molecule has 8 nitrogen and oxygen atoms in total. The molecule has 2 atom stereocenters. The Bertz CT molecular complexity index is 547. The quantitative estimate of drug-likeness (QED) is 0.615. The molecule has 0 radical (unpaired) electrons. The SMILES string of the molecule is CCC(C)C(NC(N)=O)C(=O)Nc1ccnc(C(=O)O)c1. The van der Waals surface area contributed by atoms with Crippen molar-refractivity contribution < 1.29 is 19.5 Å². The zero-order valence-corrected chi connectivity index (χ0v) is 11.8. The van der Waals surface area contributed by atoms with Crippen LogP contribution in [0, 0.1) is 5.92 Å². The fourth-order valence-corrected chi connectivity index (χ4v) is 1.70. The van der Waals surface area contributed by atoms with Crippen LogP contribution in [0.15, 0.2) is 18.3 Å². The summed E-state index contributed by atoms with van der Waals surface area (Å²) < 4.78 is 0.